The summed E-state index contributed by atoms with van der Waals surface area (Å²) in [4.78, 5) is 16.5. The molecule has 0 fully saturated rings. The van der Waals surface area contributed by atoms with Crippen LogP contribution in [-0.4, -0.2) is 47.4 Å². The highest BCUT2D eigenvalue weighted by molar-refractivity contribution is 6.74. The SMILES string of the molecule is CCOC(=O)c1[nH]c2c(-c3c(CO)nn(C)c3C)c(C)ccc2c1C(C)CCO[Si](C)(C)C(C)(C)C. The fourth-order valence-corrected chi connectivity index (χ4v) is 5.61. The van der Waals surface area contributed by atoms with E-state index in [0.29, 0.717) is 24.6 Å². The van der Waals surface area contributed by atoms with Crippen LogP contribution in [0.25, 0.3) is 22.0 Å². The fourth-order valence-electron chi connectivity index (χ4n) is 4.55. The zero-order chi connectivity index (χ0) is 27.0. The minimum absolute atomic E-state index is 0.0748. The number of hydrogen-bond acceptors (Lipinski definition) is 5. The Labute approximate surface area is 216 Å². The van der Waals surface area contributed by atoms with Crippen molar-refractivity contribution in [2.75, 3.05) is 13.2 Å². The van der Waals surface area contributed by atoms with Gasteiger partial charge in [-0.3, -0.25) is 4.68 Å². The number of aromatic amines is 1. The van der Waals surface area contributed by atoms with Gasteiger partial charge in [-0.15, -0.1) is 0 Å². The minimum atomic E-state index is -1.87. The number of aromatic nitrogens is 3. The van der Waals surface area contributed by atoms with Crippen LogP contribution in [0.15, 0.2) is 12.1 Å². The molecule has 3 rings (SSSR count). The van der Waals surface area contributed by atoms with Crippen molar-refractivity contribution in [1.82, 2.24) is 14.8 Å². The molecule has 0 amide bonds. The third kappa shape index (κ3) is 5.17. The molecular formula is C28H43N3O4Si. The van der Waals surface area contributed by atoms with Crippen molar-refractivity contribution in [2.24, 2.45) is 7.05 Å². The third-order valence-electron chi connectivity index (χ3n) is 7.82. The van der Waals surface area contributed by atoms with Gasteiger partial charge in [0.2, 0.25) is 0 Å². The van der Waals surface area contributed by atoms with Crippen LogP contribution >= 0.6 is 0 Å². The highest BCUT2D eigenvalue weighted by Crippen LogP contribution is 2.41. The predicted molar refractivity (Wildman–Crippen MR) is 148 cm³/mol. The number of carbonyl (C=O) groups excluding carboxylic acids is 1. The number of ether oxygens (including phenoxy) is 1. The first kappa shape index (κ1) is 28.2. The molecule has 0 saturated carbocycles. The Kier molecular flexibility index (Phi) is 8.22. The lowest BCUT2D eigenvalue weighted by molar-refractivity contribution is 0.0518. The van der Waals surface area contributed by atoms with Gasteiger partial charge in [0.25, 0.3) is 0 Å². The predicted octanol–water partition coefficient (Wildman–Crippen LogP) is 6.37. The summed E-state index contributed by atoms with van der Waals surface area (Å²) < 4.78 is 13.7. The molecule has 198 valence electrons. The van der Waals surface area contributed by atoms with Gasteiger partial charge in [0, 0.05) is 35.9 Å². The molecule has 1 aromatic carbocycles. The van der Waals surface area contributed by atoms with E-state index in [1.54, 1.807) is 4.68 Å². The summed E-state index contributed by atoms with van der Waals surface area (Å²) in [7, 11) is 0.0113. The Morgan fingerprint density at radius 2 is 1.89 bits per heavy atom. The van der Waals surface area contributed by atoms with E-state index < -0.39 is 8.32 Å². The second-order valence-electron chi connectivity index (χ2n) is 11.3. The molecule has 0 aliphatic carbocycles. The molecule has 0 spiro atoms. The van der Waals surface area contributed by atoms with Crippen LogP contribution in [0.5, 0.6) is 0 Å². The molecule has 0 aliphatic rings. The van der Waals surface area contributed by atoms with Crippen LogP contribution in [0, 0.1) is 13.8 Å². The number of esters is 1. The number of aliphatic hydroxyl groups excluding tert-OH is 1. The van der Waals surface area contributed by atoms with Crippen molar-refractivity contribution in [3.8, 4) is 11.1 Å². The van der Waals surface area contributed by atoms with E-state index in [4.69, 9.17) is 9.16 Å². The number of aliphatic hydroxyl groups is 1. The number of benzene rings is 1. The average molecular weight is 514 g/mol. The second-order valence-corrected chi connectivity index (χ2v) is 16.1. The highest BCUT2D eigenvalue weighted by Gasteiger charge is 2.37. The van der Waals surface area contributed by atoms with E-state index in [1.165, 1.54) is 0 Å². The molecule has 7 nitrogen and oxygen atoms in total. The molecule has 36 heavy (non-hydrogen) atoms. The van der Waals surface area contributed by atoms with E-state index in [0.717, 1.165) is 45.3 Å². The van der Waals surface area contributed by atoms with Gasteiger partial charge in [-0.2, -0.15) is 5.10 Å². The lowest BCUT2D eigenvalue weighted by atomic mass is 9.91. The zero-order valence-corrected chi connectivity index (χ0v) is 24.6. The van der Waals surface area contributed by atoms with Crippen molar-refractivity contribution >= 4 is 25.2 Å². The van der Waals surface area contributed by atoms with Crippen LogP contribution in [0.1, 0.15) is 80.0 Å². The molecule has 2 N–H and O–H groups in total. The van der Waals surface area contributed by atoms with E-state index in [9.17, 15) is 9.90 Å². The van der Waals surface area contributed by atoms with E-state index in [2.05, 4.69) is 63.0 Å². The Morgan fingerprint density at radius 3 is 2.47 bits per heavy atom. The molecule has 1 unspecified atom stereocenters. The molecular weight excluding hydrogens is 470 g/mol. The monoisotopic (exact) mass is 513 g/mol. The lowest BCUT2D eigenvalue weighted by Gasteiger charge is -2.36. The van der Waals surface area contributed by atoms with Gasteiger partial charge in [0.1, 0.15) is 5.69 Å². The van der Waals surface area contributed by atoms with Gasteiger partial charge in [0.15, 0.2) is 8.32 Å². The maximum atomic E-state index is 13.1. The van der Waals surface area contributed by atoms with Crippen molar-refractivity contribution in [2.45, 2.75) is 85.5 Å². The molecule has 2 heterocycles. The fraction of sp³-hybridized carbons (Fsp3) is 0.571. The highest BCUT2D eigenvalue weighted by atomic mass is 28.4. The van der Waals surface area contributed by atoms with Crippen LogP contribution < -0.4 is 0 Å². The van der Waals surface area contributed by atoms with Crippen molar-refractivity contribution in [3.05, 3.63) is 40.3 Å². The van der Waals surface area contributed by atoms with Crippen LogP contribution in [-0.2, 0) is 22.8 Å². The van der Waals surface area contributed by atoms with E-state index >= 15 is 0 Å². The topological polar surface area (TPSA) is 89.4 Å². The summed E-state index contributed by atoms with van der Waals surface area (Å²) in [6.07, 6.45) is 0.795. The number of carbonyl (C=O) groups is 1. The molecule has 8 heteroatoms. The molecule has 1 atom stereocenters. The summed E-state index contributed by atoms with van der Waals surface area (Å²) in [6, 6.07) is 4.16. The van der Waals surface area contributed by atoms with E-state index in [1.807, 2.05) is 27.8 Å². The van der Waals surface area contributed by atoms with Gasteiger partial charge < -0.3 is 19.3 Å². The van der Waals surface area contributed by atoms with Crippen molar-refractivity contribution in [3.63, 3.8) is 0 Å². The standard InChI is InChI=1S/C28H43N3O4Si/c1-11-34-27(33)26-22(18(3)14-15-35-36(9,10)28(5,6)7)20-13-12-17(2)23(25(20)29-26)24-19(4)31(8)30-21(24)16-32/h12-13,18,29,32H,11,14-16H2,1-10H3. The van der Waals surface area contributed by atoms with Crippen LogP contribution in [0.2, 0.25) is 18.1 Å². The molecule has 3 aromatic rings. The first-order valence-electron chi connectivity index (χ1n) is 12.8. The van der Waals surface area contributed by atoms with Gasteiger partial charge in [-0.05, 0) is 62.4 Å². The summed E-state index contributed by atoms with van der Waals surface area (Å²) >= 11 is 0. The Balaban J connectivity index is 2.14. The Hall–Kier alpha value is -2.42. The molecule has 2 aromatic heterocycles. The smallest absolute Gasteiger partial charge is 0.355 e. The van der Waals surface area contributed by atoms with Crippen LogP contribution in [0.3, 0.4) is 0 Å². The average Bonchev–Trinajstić information content (AvgIpc) is 3.31. The lowest BCUT2D eigenvalue weighted by Crippen LogP contribution is -2.41. The van der Waals surface area contributed by atoms with Gasteiger partial charge >= 0.3 is 5.97 Å². The number of H-pyrrole nitrogens is 1. The minimum Gasteiger partial charge on any atom is -0.461 e. The Bertz CT molecular complexity index is 1250. The summed E-state index contributed by atoms with van der Waals surface area (Å²) in [5.74, 6) is -0.277. The van der Waals surface area contributed by atoms with Gasteiger partial charge in [0.05, 0.1) is 24.4 Å². The number of nitrogens with one attached hydrogen (secondary N) is 1. The number of fused-ring (bicyclic) bond motifs is 1. The molecule has 0 saturated heterocycles. The second kappa shape index (κ2) is 10.5. The van der Waals surface area contributed by atoms with Gasteiger partial charge in [-0.25, -0.2) is 4.79 Å². The zero-order valence-electron chi connectivity index (χ0n) is 23.6. The number of rotatable bonds is 9. The third-order valence-corrected chi connectivity index (χ3v) is 12.4. The van der Waals surface area contributed by atoms with E-state index in [-0.39, 0.29) is 23.5 Å². The van der Waals surface area contributed by atoms with Crippen LogP contribution in [0.4, 0.5) is 0 Å². The van der Waals surface area contributed by atoms with Gasteiger partial charge in [-0.1, -0.05) is 39.8 Å². The molecule has 0 aliphatic heterocycles. The first-order valence-corrected chi connectivity index (χ1v) is 15.8. The molecule has 0 radical (unpaired) electrons. The quantitative estimate of drug-likeness (QED) is 0.256. The Morgan fingerprint density at radius 1 is 1.22 bits per heavy atom. The summed E-state index contributed by atoms with van der Waals surface area (Å²) in [6.45, 7) is 20.0. The number of nitrogens with zero attached hydrogens (tertiary/aromatic N) is 2. The maximum absolute atomic E-state index is 13.1. The largest absolute Gasteiger partial charge is 0.461 e. The summed E-state index contributed by atoms with van der Waals surface area (Å²) in [5.41, 5.74) is 6.81. The summed E-state index contributed by atoms with van der Waals surface area (Å²) in [5, 5.41) is 15.7. The molecule has 0 bridgehead atoms. The number of hydrogen-bond donors (Lipinski definition) is 2. The first-order chi connectivity index (χ1) is 16.7. The maximum Gasteiger partial charge on any atom is 0.355 e. The normalized spacial score (nSPS) is 13.4. The van der Waals surface area contributed by atoms with Crippen molar-refractivity contribution < 1.29 is 19.1 Å². The number of aryl methyl sites for hydroxylation is 2. The van der Waals surface area contributed by atoms with Crippen molar-refractivity contribution in [1.29, 1.82) is 0 Å².